The Hall–Kier alpha value is -2.01. The molecule has 4 nitrogen and oxygen atoms in total. The molecule has 1 atom stereocenters. The molecule has 1 unspecified atom stereocenters. The molecule has 6 heteroatoms. The Morgan fingerprint density at radius 2 is 1.92 bits per heavy atom. The molecule has 3 rings (SSSR count). The number of nitrogens with one attached hydrogen (secondary N) is 1. The number of hydrogen-bond acceptors (Lipinski definition) is 3. The van der Waals surface area contributed by atoms with E-state index >= 15 is 0 Å². The van der Waals surface area contributed by atoms with E-state index in [4.69, 9.17) is 16.3 Å². The molecule has 0 saturated carbocycles. The van der Waals surface area contributed by atoms with Crippen LogP contribution in [0.15, 0.2) is 48.5 Å². The Balaban J connectivity index is 0.00000225. The maximum atomic E-state index is 11.9. The first-order valence-electron chi connectivity index (χ1n) is 7.82. The predicted molar refractivity (Wildman–Crippen MR) is 106 cm³/mol. The summed E-state index contributed by atoms with van der Waals surface area (Å²) in [6.45, 7) is 1.22. The van der Waals surface area contributed by atoms with E-state index in [1.54, 1.807) is 4.90 Å². The third-order valence-corrected chi connectivity index (χ3v) is 4.06. The molecule has 1 aliphatic heterocycles. The van der Waals surface area contributed by atoms with Gasteiger partial charge in [0.25, 0.3) is 0 Å². The Labute approximate surface area is 158 Å². The van der Waals surface area contributed by atoms with Crippen molar-refractivity contribution in [2.45, 2.75) is 6.10 Å². The fourth-order valence-corrected chi connectivity index (χ4v) is 2.83. The second kappa shape index (κ2) is 8.90. The molecule has 0 spiro atoms. The van der Waals surface area contributed by atoms with Crippen molar-refractivity contribution >= 4 is 47.9 Å². The molecule has 1 fully saturated rings. The maximum absolute atomic E-state index is 11.9. The third kappa shape index (κ3) is 4.98. The molecular formula is C19H20Cl2N2O2. The van der Waals surface area contributed by atoms with Gasteiger partial charge in [-0.1, -0.05) is 48.0 Å². The number of likely N-dealkylation sites (N-methyl/N-ethyl adjacent to an activating group) is 1. The number of benzene rings is 2. The summed E-state index contributed by atoms with van der Waals surface area (Å²) < 4.78 is 5.31. The number of ether oxygens (including phenoxy) is 1. The molecule has 1 aliphatic rings. The van der Waals surface area contributed by atoms with Crippen molar-refractivity contribution in [3.05, 3.63) is 64.7 Å². The van der Waals surface area contributed by atoms with E-state index < -0.39 is 0 Å². The van der Waals surface area contributed by atoms with Crippen LogP contribution in [0.3, 0.4) is 0 Å². The fourth-order valence-electron chi connectivity index (χ4n) is 2.63. The van der Waals surface area contributed by atoms with Gasteiger partial charge in [0, 0.05) is 17.3 Å². The van der Waals surface area contributed by atoms with Gasteiger partial charge in [-0.2, -0.15) is 0 Å². The number of hydrogen-bond donors (Lipinski definition) is 1. The van der Waals surface area contributed by atoms with Gasteiger partial charge in [-0.25, -0.2) is 4.79 Å². The minimum atomic E-state index is -0.294. The summed E-state index contributed by atoms with van der Waals surface area (Å²) >= 11 is 5.98. The average molecular weight is 379 g/mol. The lowest BCUT2D eigenvalue weighted by molar-refractivity contribution is 0.141. The van der Waals surface area contributed by atoms with Crippen LogP contribution >= 0.6 is 24.0 Å². The highest BCUT2D eigenvalue weighted by Crippen LogP contribution is 2.22. The fraction of sp³-hybridized carbons (Fsp3) is 0.211. The van der Waals surface area contributed by atoms with Crippen molar-refractivity contribution in [1.82, 2.24) is 5.32 Å². The lowest BCUT2D eigenvalue weighted by atomic mass is 10.1. The normalized spacial score (nSPS) is 16.8. The largest absolute Gasteiger partial charge is 0.443 e. The van der Waals surface area contributed by atoms with Crippen molar-refractivity contribution < 1.29 is 9.53 Å². The maximum Gasteiger partial charge on any atom is 0.414 e. The molecule has 2 aromatic carbocycles. The number of rotatable bonds is 5. The summed E-state index contributed by atoms with van der Waals surface area (Å²) in [5.41, 5.74) is 2.95. The summed E-state index contributed by atoms with van der Waals surface area (Å²) in [6, 6.07) is 15.5. The molecule has 1 amide bonds. The highest BCUT2D eigenvalue weighted by atomic mass is 35.5. The van der Waals surface area contributed by atoms with Gasteiger partial charge in [-0.05, 0) is 42.4 Å². The summed E-state index contributed by atoms with van der Waals surface area (Å²) in [4.78, 5) is 13.6. The zero-order chi connectivity index (χ0) is 16.9. The number of carbonyl (C=O) groups excluding carboxylic acids is 1. The first kappa shape index (κ1) is 19.3. The number of anilines is 1. The van der Waals surface area contributed by atoms with Crippen LogP contribution in [0.25, 0.3) is 12.2 Å². The van der Waals surface area contributed by atoms with Gasteiger partial charge in [0.15, 0.2) is 0 Å². The van der Waals surface area contributed by atoms with Crippen LogP contribution in [0.2, 0.25) is 5.02 Å². The number of nitrogens with zero attached hydrogens (tertiary/aromatic N) is 1. The second-order valence-electron chi connectivity index (χ2n) is 5.65. The van der Waals surface area contributed by atoms with Gasteiger partial charge in [0.05, 0.1) is 6.54 Å². The lowest BCUT2D eigenvalue weighted by Gasteiger charge is -2.13. The van der Waals surface area contributed by atoms with Crippen LogP contribution in [0.5, 0.6) is 0 Å². The standard InChI is InChI=1S/C19H19ClN2O2.ClH/c1-21-12-18-13-22(19(23)24-18)17-9-7-14(8-10-17)5-6-15-3-2-4-16(20)11-15;/h2-11,18,21H,12-13H2,1H3;1H. The van der Waals surface area contributed by atoms with Crippen molar-refractivity contribution in [1.29, 1.82) is 0 Å². The van der Waals surface area contributed by atoms with Gasteiger partial charge >= 0.3 is 6.09 Å². The SMILES string of the molecule is CNCC1CN(c2ccc(C=Cc3cccc(Cl)c3)cc2)C(=O)O1.Cl. The minimum Gasteiger partial charge on any atom is -0.443 e. The van der Waals surface area contributed by atoms with Crippen LogP contribution in [0.1, 0.15) is 11.1 Å². The number of amides is 1. The van der Waals surface area contributed by atoms with E-state index in [1.807, 2.05) is 67.7 Å². The minimum absolute atomic E-state index is 0. The molecule has 0 radical (unpaired) electrons. The van der Waals surface area contributed by atoms with E-state index in [2.05, 4.69) is 5.32 Å². The van der Waals surface area contributed by atoms with Gasteiger partial charge < -0.3 is 10.1 Å². The smallest absolute Gasteiger partial charge is 0.414 e. The summed E-state index contributed by atoms with van der Waals surface area (Å²) in [5, 5.41) is 3.74. The van der Waals surface area contributed by atoms with Gasteiger partial charge in [-0.3, -0.25) is 4.90 Å². The zero-order valence-corrected chi connectivity index (χ0v) is 15.4. The molecule has 132 valence electrons. The molecule has 25 heavy (non-hydrogen) atoms. The third-order valence-electron chi connectivity index (χ3n) is 3.83. The first-order chi connectivity index (χ1) is 11.7. The highest BCUT2D eigenvalue weighted by molar-refractivity contribution is 6.30. The van der Waals surface area contributed by atoms with Crippen LogP contribution in [-0.2, 0) is 4.74 Å². The Bertz CT molecular complexity index is 747. The highest BCUT2D eigenvalue weighted by Gasteiger charge is 2.31. The molecule has 0 bridgehead atoms. The van der Waals surface area contributed by atoms with E-state index in [0.717, 1.165) is 21.8 Å². The predicted octanol–water partition coefficient (Wildman–Crippen LogP) is 4.48. The second-order valence-corrected chi connectivity index (χ2v) is 6.09. The molecule has 1 saturated heterocycles. The number of carbonyl (C=O) groups is 1. The van der Waals surface area contributed by atoms with Crippen LogP contribution < -0.4 is 10.2 Å². The van der Waals surface area contributed by atoms with Crippen LogP contribution in [0.4, 0.5) is 10.5 Å². The number of cyclic esters (lactones) is 1. The first-order valence-corrected chi connectivity index (χ1v) is 8.20. The molecule has 0 aliphatic carbocycles. The van der Waals surface area contributed by atoms with Gasteiger partial charge in [0.1, 0.15) is 6.10 Å². The Morgan fingerprint density at radius 3 is 2.60 bits per heavy atom. The molecule has 1 heterocycles. The molecule has 2 aromatic rings. The molecule has 0 aromatic heterocycles. The summed E-state index contributed by atoms with van der Waals surface area (Å²) in [5.74, 6) is 0. The summed E-state index contributed by atoms with van der Waals surface area (Å²) in [6.07, 6.45) is 3.62. The Morgan fingerprint density at radius 1 is 1.20 bits per heavy atom. The van der Waals surface area contributed by atoms with Crippen molar-refractivity contribution in [3.63, 3.8) is 0 Å². The van der Waals surface area contributed by atoms with E-state index in [1.165, 1.54) is 0 Å². The quantitative estimate of drug-likeness (QED) is 0.779. The van der Waals surface area contributed by atoms with Crippen molar-refractivity contribution in [3.8, 4) is 0 Å². The van der Waals surface area contributed by atoms with Crippen LogP contribution in [-0.4, -0.2) is 32.3 Å². The van der Waals surface area contributed by atoms with Crippen LogP contribution in [0, 0.1) is 0 Å². The van der Waals surface area contributed by atoms with E-state index in [9.17, 15) is 4.79 Å². The van der Waals surface area contributed by atoms with Crippen molar-refractivity contribution in [2.24, 2.45) is 0 Å². The lowest BCUT2D eigenvalue weighted by Crippen LogP contribution is -2.28. The van der Waals surface area contributed by atoms with E-state index in [-0.39, 0.29) is 24.6 Å². The topological polar surface area (TPSA) is 41.6 Å². The van der Waals surface area contributed by atoms with Gasteiger partial charge in [-0.15, -0.1) is 12.4 Å². The van der Waals surface area contributed by atoms with Gasteiger partial charge in [0.2, 0.25) is 0 Å². The zero-order valence-electron chi connectivity index (χ0n) is 13.8. The summed E-state index contributed by atoms with van der Waals surface area (Å²) in [7, 11) is 1.84. The molecular weight excluding hydrogens is 359 g/mol. The molecule has 1 N–H and O–H groups in total. The van der Waals surface area contributed by atoms with Crippen molar-refractivity contribution in [2.75, 3.05) is 25.0 Å². The average Bonchev–Trinajstić information content (AvgIpc) is 2.94. The van der Waals surface area contributed by atoms with E-state index in [0.29, 0.717) is 13.1 Å². The monoisotopic (exact) mass is 378 g/mol. The number of halogens is 2. The Kier molecular flexibility index (Phi) is 6.88.